The predicted octanol–water partition coefficient (Wildman–Crippen LogP) is 4.72. The van der Waals surface area contributed by atoms with Gasteiger partial charge in [0.1, 0.15) is 10.5 Å². The molecule has 1 aromatic heterocycles. The summed E-state index contributed by atoms with van der Waals surface area (Å²) < 4.78 is 1.65. The maximum absolute atomic E-state index is 11.7. The van der Waals surface area contributed by atoms with Gasteiger partial charge >= 0.3 is 5.69 Å². The third-order valence-electron chi connectivity index (χ3n) is 3.89. The number of nitrogens with one attached hydrogen (secondary N) is 1. The lowest BCUT2D eigenvalue weighted by atomic mass is 10.0. The van der Waals surface area contributed by atoms with Gasteiger partial charge in [0.25, 0.3) is 0 Å². The number of rotatable bonds is 5. The standard InChI is InChI=1S/C17H17ClN4O2/c1-3-9-21-15-13(17(19-2)20-21)10-12(11-7-5-4-6-8-11)14(18)16(15)22(23)24/h4-8,10H,3,9H2,1-2H3,(H,19,20). The quantitative estimate of drug-likeness (QED) is 0.537. The number of nitro groups is 1. The number of hydrogen-bond acceptors (Lipinski definition) is 4. The van der Waals surface area contributed by atoms with Gasteiger partial charge < -0.3 is 5.32 Å². The van der Waals surface area contributed by atoms with Crippen LogP contribution in [0.2, 0.25) is 5.02 Å². The number of aryl methyl sites for hydroxylation is 1. The molecule has 2 aromatic carbocycles. The van der Waals surface area contributed by atoms with Gasteiger partial charge in [-0.25, -0.2) is 0 Å². The number of nitro benzene ring substituents is 1. The van der Waals surface area contributed by atoms with E-state index in [-0.39, 0.29) is 10.7 Å². The molecule has 3 rings (SSSR count). The van der Waals surface area contributed by atoms with Crippen molar-refractivity contribution < 1.29 is 4.92 Å². The summed E-state index contributed by atoms with van der Waals surface area (Å²) in [7, 11) is 1.75. The van der Waals surface area contributed by atoms with Gasteiger partial charge in [0, 0.05) is 19.2 Å². The highest BCUT2D eigenvalue weighted by molar-refractivity contribution is 6.37. The molecule has 0 unspecified atom stereocenters. The molecule has 0 spiro atoms. The number of aromatic nitrogens is 2. The van der Waals surface area contributed by atoms with Gasteiger partial charge in [-0.05, 0) is 18.1 Å². The van der Waals surface area contributed by atoms with Crippen molar-refractivity contribution in [1.29, 1.82) is 0 Å². The molecule has 0 saturated heterocycles. The highest BCUT2D eigenvalue weighted by Crippen LogP contribution is 2.43. The molecule has 24 heavy (non-hydrogen) atoms. The molecule has 0 amide bonds. The summed E-state index contributed by atoms with van der Waals surface area (Å²) in [6.45, 7) is 2.58. The van der Waals surface area contributed by atoms with Crippen molar-refractivity contribution in [2.45, 2.75) is 19.9 Å². The largest absolute Gasteiger partial charge is 0.371 e. The molecule has 0 bridgehead atoms. The van der Waals surface area contributed by atoms with Gasteiger partial charge in [-0.2, -0.15) is 5.10 Å². The number of hydrogen-bond donors (Lipinski definition) is 1. The summed E-state index contributed by atoms with van der Waals surface area (Å²) in [6.07, 6.45) is 0.815. The van der Waals surface area contributed by atoms with Crippen molar-refractivity contribution in [3.8, 4) is 11.1 Å². The molecule has 0 fully saturated rings. The summed E-state index contributed by atoms with van der Waals surface area (Å²) >= 11 is 6.44. The van der Waals surface area contributed by atoms with Gasteiger partial charge in [0.15, 0.2) is 5.82 Å². The van der Waals surface area contributed by atoms with Gasteiger partial charge in [-0.3, -0.25) is 14.8 Å². The zero-order valence-corrected chi connectivity index (χ0v) is 14.2. The Morgan fingerprint density at radius 2 is 2.04 bits per heavy atom. The summed E-state index contributed by atoms with van der Waals surface area (Å²) in [6, 6.07) is 11.3. The second-order valence-corrected chi connectivity index (χ2v) is 5.81. The molecule has 6 nitrogen and oxygen atoms in total. The second kappa shape index (κ2) is 6.49. The van der Waals surface area contributed by atoms with Crippen LogP contribution in [0.15, 0.2) is 36.4 Å². The Balaban J connectivity index is 2.42. The Morgan fingerprint density at radius 3 is 2.62 bits per heavy atom. The summed E-state index contributed by atoms with van der Waals surface area (Å²) in [4.78, 5) is 11.3. The minimum atomic E-state index is -0.426. The Bertz CT molecular complexity index is 906. The molecular weight excluding hydrogens is 328 g/mol. The van der Waals surface area contributed by atoms with Crippen molar-refractivity contribution in [2.75, 3.05) is 12.4 Å². The fraction of sp³-hybridized carbons (Fsp3) is 0.235. The number of halogens is 1. The van der Waals surface area contributed by atoms with Crippen LogP contribution in [0.5, 0.6) is 0 Å². The monoisotopic (exact) mass is 344 g/mol. The molecule has 124 valence electrons. The van der Waals surface area contributed by atoms with E-state index in [0.717, 1.165) is 12.0 Å². The molecule has 0 atom stereocenters. The first kappa shape index (κ1) is 16.3. The van der Waals surface area contributed by atoms with Crippen LogP contribution >= 0.6 is 11.6 Å². The van der Waals surface area contributed by atoms with E-state index in [4.69, 9.17) is 11.6 Å². The van der Waals surface area contributed by atoms with E-state index in [9.17, 15) is 10.1 Å². The normalized spacial score (nSPS) is 11.0. The molecule has 0 radical (unpaired) electrons. The van der Waals surface area contributed by atoms with Crippen LogP contribution in [0.4, 0.5) is 11.5 Å². The maximum atomic E-state index is 11.7. The average Bonchev–Trinajstić information content (AvgIpc) is 2.92. The summed E-state index contributed by atoms with van der Waals surface area (Å²) in [5, 5.41) is 20.0. The second-order valence-electron chi connectivity index (χ2n) is 5.43. The Morgan fingerprint density at radius 1 is 1.33 bits per heavy atom. The van der Waals surface area contributed by atoms with Gasteiger partial charge in [-0.1, -0.05) is 48.9 Å². The molecule has 0 aliphatic heterocycles. The van der Waals surface area contributed by atoms with Crippen LogP contribution in [0.1, 0.15) is 13.3 Å². The molecule has 7 heteroatoms. The maximum Gasteiger partial charge on any atom is 0.314 e. The Labute approximate surface area is 144 Å². The van der Waals surface area contributed by atoms with Crippen molar-refractivity contribution in [1.82, 2.24) is 9.78 Å². The van der Waals surface area contributed by atoms with Gasteiger partial charge in [0.2, 0.25) is 0 Å². The van der Waals surface area contributed by atoms with E-state index in [0.29, 0.717) is 28.8 Å². The van der Waals surface area contributed by atoms with Crippen molar-refractivity contribution >= 4 is 34.0 Å². The third-order valence-corrected chi connectivity index (χ3v) is 4.27. The molecule has 1 N–H and O–H groups in total. The van der Waals surface area contributed by atoms with Crippen molar-refractivity contribution in [2.24, 2.45) is 0 Å². The van der Waals surface area contributed by atoms with Gasteiger partial charge in [0.05, 0.1) is 10.3 Å². The van der Waals surface area contributed by atoms with Crippen LogP contribution in [0, 0.1) is 10.1 Å². The summed E-state index contributed by atoms with van der Waals surface area (Å²) in [5.74, 6) is 0.607. The lowest BCUT2D eigenvalue weighted by Gasteiger charge is -2.08. The first-order valence-corrected chi connectivity index (χ1v) is 8.06. The Hall–Kier alpha value is -2.60. The average molecular weight is 345 g/mol. The number of fused-ring (bicyclic) bond motifs is 1. The fourth-order valence-electron chi connectivity index (χ4n) is 2.85. The van der Waals surface area contributed by atoms with E-state index in [1.165, 1.54) is 0 Å². The lowest BCUT2D eigenvalue weighted by Crippen LogP contribution is -2.02. The molecule has 0 aliphatic carbocycles. The molecular formula is C17H17ClN4O2. The topological polar surface area (TPSA) is 73.0 Å². The van der Waals surface area contributed by atoms with Gasteiger partial charge in [-0.15, -0.1) is 0 Å². The fourth-order valence-corrected chi connectivity index (χ4v) is 3.18. The van der Waals surface area contributed by atoms with Crippen LogP contribution in [0.3, 0.4) is 0 Å². The molecule has 0 saturated carbocycles. The van der Waals surface area contributed by atoms with E-state index in [1.807, 2.05) is 43.3 Å². The summed E-state index contributed by atoms with van der Waals surface area (Å²) in [5.41, 5.74) is 1.81. The zero-order valence-electron chi connectivity index (χ0n) is 13.4. The zero-order chi connectivity index (χ0) is 17.3. The number of nitrogens with zero attached hydrogens (tertiary/aromatic N) is 3. The molecule has 0 aliphatic rings. The van der Waals surface area contributed by atoms with E-state index in [2.05, 4.69) is 10.4 Å². The minimum absolute atomic E-state index is 0.101. The van der Waals surface area contributed by atoms with Crippen molar-refractivity contribution in [3.63, 3.8) is 0 Å². The lowest BCUT2D eigenvalue weighted by molar-refractivity contribution is -0.383. The molecule has 3 aromatic rings. The van der Waals surface area contributed by atoms with Crippen LogP contribution in [-0.2, 0) is 6.54 Å². The van der Waals surface area contributed by atoms with Crippen LogP contribution in [0.25, 0.3) is 22.0 Å². The van der Waals surface area contributed by atoms with Crippen LogP contribution in [-0.4, -0.2) is 21.8 Å². The van der Waals surface area contributed by atoms with E-state index >= 15 is 0 Å². The molecule has 1 heterocycles. The third kappa shape index (κ3) is 2.59. The number of anilines is 1. The smallest absolute Gasteiger partial charge is 0.314 e. The van der Waals surface area contributed by atoms with E-state index < -0.39 is 4.92 Å². The highest BCUT2D eigenvalue weighted by atomic mass is 35.5. The minimum Gasteiger partial charge on any atom is -0.371 e. The van der Waals surface area contributed by atoms with E-state index in [1.54, 1.807) is 11.7 Å². The number of benzene rings is 2. The highest BCUT2D eigenvalue weighted by Gasteiger charge is 2.27. The first-order valence-electron chi connectivity index (χ1n) is 7.69. The first-order chi connectivity index (χ1) is 11.6. The van der Waals surface area contributed by atoms with Crippen LogP contribution < -0.4 is 5.32 Å². The van der Waals surface area contributed by atoms with Crippen molar-refractivity contribution in [3.05, 3.63) is 51.5 Å². The Kier molecular flexibility index (Phi) is 4.40. The predicted molar refractivity (Wildman–Crippen MR) is 96.7 cm³/mol. The SMILES string of the molecule is CCCn1nc(NC)c2cc(-c3ccccc3)c(Cl)c([N+](=O)[O-])c21.